The lowest BCUT2D eigenvalue weighted by atomic mass is 10.0. The van der Waals surface area contributed by atoms with Crippen LogP contribution in [0, 0.1) is 5.41 Å². The Hall–Kier alpha value is -4.97. The van der Waals surface area contributed by atoms with E-state index in [1.54, 1.807) is 36.4 Å². The molecule has 0 aliphatic carbocycles. The van der Waals surface area contributed by atoms with E-state index in [0.717, 1.165) is 18.2 Å². The number of nitrogens with one attached hydrogen (secondary N) is 3. The monoisotopic (exact) mass is 544 g/mol. The lowest BCUT2D eigenvalue weighted by Gasteiger charge is -2.20. The van der Waals surface area contributed by atoms with Crippen LogP contribution in [0.5, 0.6) is 5.75 Å². The highest BCUT2D eigenvalue weighted by atomic mass is 16.5. The second kappa shape index (κ2) is 12.3. The van der Waals surface area contributed by atoms with Gasteiger partial charge >= 0.3 is 5.97 Å². The minimum Gasteiger partial charge on any atom is -0.495 e. The number of fused-ring (bicyclic) bond motifs is 1. The van der Waals surface area contributed by atoms with Gasteiger partial charge in [-0.25, -0.2) is 9.97 Å². The standard InChI is InChI=1S/C28H32N8O4/c1-3-18(10-11-29)34-27-24(26(31)32-15-33-27)25(30)17-8-9-19(22(13-17)40-2)35-28(39)21-12-16-6-4-5-7-20(16)36(21)14-23(37)38/h4-9,12-13,15,18,30H,3,10-11,14,29H2,1-2H3,(H,35,39)(H,37,38)(H3,31,32,33,34). The van der Waals surface area contributed by atoms with Crippen LogP contribution in [0.2, 0.25) is 0 Å². The molecule has 1 amide bonds. The zero-order chi connectivity index (χ0) is 28.8. The summed E-state index contributed by atoms with van der Waals surface area (Å²) in [6.07, 6.45) is 2.87. The molecule has 2 aromatic carbocycles. The molecule has 0 radical (unpaired) electrons. The van der Waals surface area contributed by atoms with E-state index < -0.39 is 11.9 Å². The van der Waals surface area contributed by atoms with E-state index in [1.165, 1.54) is 18.0 Å². The Morgan fingerprint density at radius 3 is 2.65 bits per heavy atom. The molecule has 0 saturated heterocycles. The summed E-state index contributed by atoms with van der Waals surface area (Å²) < 4.78 is 6.98. The predicted octanol–water partition coefficient (Wildman–Crippen LogP) is 3.31. The molecule has 0 fully saturated rings. The van der Waals surface area contributed by atoms with Gasteiger partial charge < -0.3 is 36.5 Å². The average molecular weight is 545 g/mol. The number of methoxy groups -OCH3 is 1. The number of ether oxygens (including phenoxy) is 1. The van der Waals surface area contributed by atoms with Crippen molar-refractivity contribution in [3.63, 3.8) is 0 Å². The van der Waals surface area contributed by atoms with E-state index in [4.69, 9.17) is 21.6 Å². The van der Waals surface area contributed by atoms with Crippen molar-refractivity contribution in [2.45, 2.75) is 32.4 Å². The van der Waals surface area contributed by atoms with Gasteiger partial charge in [0.2, 0.25) is 0 Å². The minimum absolute atomic E-state index is 0.0506. The number of hydrogen-bond acceptors (Lipinski definition) is 9. The summed E-state index contributed by atoms with van der Waals surface area (Å²) in [5, 5.41) is 25.2. The van der Waals surface area contributed by atoms with Crippen molar-refractivity contribution in [2.24, 2.45) is 5.73 Å². The number of nitrogen functional groups attached to an aromatic ring is 1. The summed E-state index contributed by atoms with van der Waals surface area (Å²) in [6.45, 7) is 2.16. The highest BCUT2D eigenvalue weighted by Crippen LogP contribution is 2.30. The zero-order valence-corrected chi connectivity index (χ0v) is 22.3. The molecule has 2 heterocycles. The van der Waals surface area contributed by atoms with Crippen LogP contribution in [0.1, 0.15) is 41.4 Å². The minimum atomic E-state index is -1.07. The molecule has 0 bridgehead atoms. The van der Waals surface area contributed by atoms with Crippen molar-refractivity contribution < 1.29 is 19.4 Å². The number of rotatable bonds is 12. The van der Waals surface area contributed by atoms with Crippen LogP contribution < -0.4 is 26.8 Å². The maximum atomic E-state index is 13.3. The fourth-order valence-electron chi connectivity index (χ4n) is 4.51. The SMILES string of the molecule is CCC(CCN)Nc1ncnc(N)c1C(=N)c1ccc(NC(=O)c2cc3ccccc3n2CC(=O)O)c(OC)c1. The second-order valence-corrected chi connectivity index (χ2v) is 9.12. The highest BCUT2D eigenvalue weighted by molar-refractivity contribution is 6.17. The van der Waals surface area contributed by atoms with Crippen molar-refractivity contribution >= 4 is 45.8 Å². The third kappa shape index (κ3) is 5.86. The Morgan fingerprint density at radius 1 is 1.18 bits per heavy atom. The molecule has 12 nitrogen and oxygen atoms in total. The van der Waals surface area contributed by atoms with E-state index in [-0.39, 0.29) is 29.8 Å². The molecule has 0 aliphatic rings. The number of anilines is 3. The predicted molar refractivity (Wildman–Crippen MR) is 154 cm³/mol. The first-order chi connectivity index (χ1) is 19.3. The fraction of sp³-hybridized carbons (Fsp3) is 0.250. The van der Waals surface area contributed by atoms with Crippen LogP contribution in [0.15, 0.2) is 54.9 Å². The summed E-state index contributed by atoms with van der Waals surface area (Å²) in [5.74, 6) is -0.692. The number of benzene rings is 2. The molecule has 2 aromatic heterocycles. The number of aromatic nitrogens is 3. The summed E-state index contributed by atoms with van der Waals surface area (Å²) in [7, 11) is 1.45. The van der Waals surface area contributed by atoms with Crippen LogP contribution in [0.3, 0.4) is 0 Å². The fourth-order valence-corrected chi connectivity index (χ4v) is 4.51. The molecule has 4 rings (SSSR count). The lowest BCUT2D eigenvalue weighted by Crippen LogP contribution is -2.25. The molecule has 1 unspecified atom stereocenters. The van der Waals surface area contributed by atoms with E-state index >= 15 is 0 Å². The van der Waals surface area contributed by atoms with E-state index in [9.17, 15) is 14.7 Å². The first-order valence-corrected chi connectivity index (χ1v) is 12.7. The van der Waals surface area contributed by atoms with Gasteiger partial charge in [0.25, 0.3) is 5.91 Å². The van der Waals surface area contributed by atoms with Crippen molar-refractivity contribution in [3.05, 3.63) is 71.7 Å². The van der Waals surface area contributed by atoms with Crippen molar-refractivity contribution in [1.82, 2.24) is 14.5 Å². The van der Waals surface area contributed by atoms with Gasteiger partial charge in [0.05, 0.1) is 24.1 Å². The highest BCUT2D eigenvalue weighted by Gasteiger charge is 2.22. The largest absolute Gasteiger partial charge is 0.495 e. The Morgan fingerprint density at radius 2 is 1.95 bits per heavy atom. The molecule has 4 aromatic rings. The van der Waals surface area contributed by atoms with Gasteiger partial charge in [-0.15, -0.1) is 0 Å². The number of carboxylic acids is 1. The van der Waals surface area contributed by atoms with E-state index in [2.05, 4.69) is 20.6 Å². The molecule has 0 aliphatic heterocycles. The zero-order valence-electron chi connectivity index (χ0n) is 22.3. The van der Waals surface area contributed by atoms with Crippen LogP contribution >= 0.6 is 0 Å². The van der Waals surface area contributed by atoms with Gasteiger partial charge in [0.15, 0.2) is 0 Å². The van der Waals surface area contributed by atoms with Gasteiger partial charge in [0.1, 0.15) is 36.0 Å². The number of aliphatic carboxylic acids is 1. The first-order valence-electron chi connectivity index (χ1n) is 12.7. The van der Waals surface area contributed by atoms with Crippen LogP contribution in [-0.2, 0) is 11.3 Å². The third-order valence-corrected chi connectivity index (χ3v) is 6.55. The summed E-state index contributed by atoms with van der Waals surface area (Å²) in [4.78, 5) is 33.2. The molecule has 208 valence electrons. The van der Waals surface area contributed by atoms with Gasteiger partial charge in [-0.05, 0) is 43.7 Å². The van der Waals surface area contributed by atoms with Crippen LogP contribution in [0.4, 0.5) is 17.3 Å². The number of nitrogens with zero attached hydrogens (tertiary/aromatic N) is 3. The molecule has 1 atom stereocenters. The Bertz CT molecular complexity index is 1570. The topological polar surface area (TPSA) is 194 Å². The molecular weight excluding hydrogens is 512 g/mol. The molecule has 0 spiro atoms. The number of carboxylic acid groups (broad SMARTS) is 1. The second-order valence-electron chi connectivity index (χ2n) is 9.12. The van der Waals surface area contributed by atoms with Gasteiger partial charge in [-0.3, -0.25) is 15.0 Å². The van der Waals surface area contributed by atoms with Gasteiger partial charge in [-0.1, -0.05) is 31.2 Å². The number of amides is 1. The van der Waals surface area contributed by atoms with Crippen molar-refractivity contribution in [1.29, 1.82) is 5.41 Å². The van der Waals surface area contributed by atoms with E-state index in [1.807, 2.05) is 19.1 Å². The first kappa shape index (κ1) is 28.0. The lowest BCUT2D eigenvalue weighted by molar-refractivity contribution is -0.137. The van der Waals surface area contributed by atoms with Crippen molar-refractivity contribution in [3.8, 4) is 5.75 Å². The Balaban J connectivity index is 1.64. The number of para-hydroxylation sites is 1. The maximum absolute atomic E-state index is 13.3. The van der Waals surface area contributed by atoms with Gasteiger partial charge in [-0.2, -0.15) is 0 Å². The number of carbonyl (C=O) groups is 2. The average Bonchev–Trinajstić information content (AvgIpc) is 3.30. The summed E-state index contributed by atoms with van der Waals surface area (Å²) in [5.41, 5.74) is 14.0. The Kier molecular flexibility index (Phi) is 8.60. The third-order valence-electron chi connectivity index (χ3n) is 6.55. The molecule has 8 N–H and O–H groups in total. The summed E-state index contributed by atoms with van der Waals surface area (Å²) >= 11 is 0. The molecule has 40 heavy (non-hydrogen) atoms. The number of hydrogen-bond donors (Lipinski definition) is 6. The molecule has 0 saturated carbocycles. The smallest absolute Gasteiger partial charge is 0.323 e. The quantitative estimate of drug-likeness (QED) is 0.145. The molecular formula is C28H32N8O4. The van der Waals surface area contributed by atoms with Crippen molar-refractivity contribution in [2.75, 3.05) is 30.0 Å². The Labute approximate surface area is 230 Å². The van der Waals surface area contributed by atoms with E-state index in [0.29, 0.717) is 40.4 Å². The summed E-state index contributed by atoms with van der Waals surface area (Å²) in [6, 6.07) is 13.7. The number of nitrogens with two attached hydrogens (primary N) is 2. The maximum Gasteiger partial charge on any atom is 0.323 e. The van der Waals surface area contributed by atoms with Gasteiger partial charge in [0, 0.05) is 22.5 Å². The van der Waals surface area contributed by atoms with Crippen LogP contribution in [-0.4, -0.2) is 56.9 Å². The molecule has 12 heteroatoms. The number of carbonyl (C=O) groups excluding carboxylic acids is 1. The van der Waals surface area contributed by atoms with Crippen LogP contribution in [0.25, 0.3) is 10.9 Å². The normalized spacial score (nSPS) is 11.7.